The zero-order valence-electron chi connectivity index (χ0n) is 11.6. The quantitative estimate of drug-likeness (QED) is 0.737. The Morgan fingerprint density at radius 2 is 2.47 bits per heavy atom. The molecule has 1 amide bonds. The highest BCUT2D eigenvalue weighted by atomic mass is 16.2. The number of piperidine rings is 1. The van der Waals surface area contributed by atoms with Crippen molar-refractivity contribution < 1.29 is 4.79 Å². The molecule has 1 unspecified atom stereocenters. The maximum atomic E-state index is 12.3. The molecule has 1 saturated heterocycles. The molecule has 0 saturated carbocycles. The third kappa shape index (κ3) is 3.53. The molecular formula is C13H23N5O. The number of aryl methyl sites for hydroxylation is 1. The maximum absolute atomic E-state index is 12.3. The number of rotatable bonds is 6. The monoisotopic (exact) mass is 265 g/mol. The van der Waals surface area contributed by atoms with Crippen LogP contribution in [0.5, 0.6) is 0 Å². The van der Waals surface area contributed by atoms with Gasteiger partial charge in [0.1, 0.15) is 0 Å². The highest BCUT2D eigenvalue weighted by molar-refractivity contribution is 5.82. The molecule has 0 bridgehead atoms. The predicted molar refractivity (Wildman–Crippen MR) is 72.5 cm³/mol. The molecule has 1 fully saturated rings. The van der Waals surface area contributed by atoms with Crippen molar-refractivity contribution in [1.29, 1.82) is 0 Å². The van der Waals surface area contributed by atoms with Gasteiger partial charge < -0.3 is 10.6 Å². The fourth-order valence-corrected chi connectivity index (χ4v) is 2.61. The summed E-state index contributed by atoms with van der Waals surface area (Å²) < 4.78 is 1.78. The number of nitrogens with zero attached hydrogens (tertiary/aromatic N) is 3. The van der Waals surface area contributed by atoms with Gasteiger partial charge in [0, 0.05) is 25.8 Å². The van der Waals surface area contributed by atoms with Crippen molar-refractivity contribution in [2.24, 2.45) is 5.41 Å². The van der Waals surface area contributed by atoms with E-state index in [-0.39, 0.29) is 11.3 Å². The van der Waals surface area contributed by atoms with Gasteiger partial charge >= 0.3 is 0 Å². The Morgan fingerprint density at radius 1 is 1.58 bits per heavy atom. The van der Waals surface area contributed by atoms with Gasteiger partial charge in [-0.25, -0.2) is 0 Å². The van der Waals surface area contributed by atoms with Crippen LogP contribution in [0.1, 0.15) is 32.6 Å². The Kier molecular flexibility index (Phi) is 4.90. The zero-order valence-corrected chi connectivity index (χ0v) is 11.6. The van der Waals surface area contributed by atoms with Crippen LogP contribution < -0.4 is 10.6 Å². The second-order valence-corrected chi connectivity index (χ2v) is 5.19. The molecule has 1 atom stereocenters. The van der Waals surface area contributed by atoms with Crippen LogP contribution in [0.4, 0.5) is 0 Å². The maximum Gasteiger partial charge on any atom is 0.227 e. The van der Waals surface area contributed by atoms with E-state index in [0.717, 1.165) is 45.3 Å². The molecule has 2 N–H and O–H groups in total. The zero-order chi connectivity index (χ0) is 13.6. The van der Waals surface area contributed by atoms with E-state index in [1.165, 1.54) is 0 Å². The summed E-state index contributed by atoms with van der Waals surface area (Å²) in [5, 5.41) is 14.1. The van der Waals surface area contributed by atoms with Crippen LogP contribution >= 0.6 is 0 Å². The standard InChI is InChI=1S/C13H23N5O/c1-2-13(5-3-6-14-11-13)12(19)15-7-4-9-18-10-8-16-17-18/h8,10,14H,2-7,9,11H2,1H3,(H,15,19). The third-order valence-corrected chi connectivity index (χ3v) is 3.95. The molecule has 2 heterocycles. The number of nitrogens with one attached hydrogen (secondary N) is 2. The minimum absolute atomic E-state index is 0.195. The molecule has 6 nitrogen and oxygen atoms in total. The molecule has 0 spiro atoms. The Labute approximate surface area is 113 Å². The van der Waals surface area contributed by atoms with Crippen LogP contribution in [0.25, 0.3) is 0 Å². The SMILES string of the molecule is CCC1(C(=O)NCCCn2ccnn2)CCCNC1. The highest BCUT2D eigenvalue weighted by Gasteiger charge is 2.37. The molecule has 1 aromatic heterocycles. The summed E-state index contributed by atoms with van der Waals surface area (Å²) in [5.74, 6) is 0.195. The van der Waals surface area contributed by atoms with E-state index in [1.54, 1.807) is 10.9 Å². The van der Waals surface area contributed by atoms with E-state index >= 15 is 0 Å². The van der Waals surface area contributed by atoms with Crippen LogP contribution in [-0.4, -0.2) is 40.5 Å². The van der Waals surface area contributed by atoms with E-state index in [2.05, 4.69) is 27.9 Å². The second-order valence-electron chi connectivity index (χ2n) is 5.19. The Balaban J connectivity index is 1.73. The number of hydrogen-bond donors (Lipinski definition) is 2. The summed E-state index contributed by atoms with van der Waals surface area (Å²) in [6, 6.07) is 0. The number of carbonyl (C=O) groups excluding carboxylic acids is 1. The molecule has 2 rings (SSSR count). The van der Waals surface area contributed by atoms with Gasteiger partial charge in [-0.05, 0) is 32.2 Å². The first-order chi connectivity index (χ1) is 9.27. The summed E-state index contributed by atoms with van der Waals surface area (Å²) in [4.78, 5) is 12.3. The predicted octanol–water partition coefficient (Wildman–Crippen LogP) is 0.564. The Hall–Kier alpha value is -1.43. The minimum atomic E-state index is -0.203. The van der Waals surface area contributed by atoms with Crippen LogP contribution in [0.2, 0.25) is 0 Å². The first-order valence-corrected chi connectivity index (χ1v) is 7.10. The van der Waals surface area contributed by atoms with Gasteiger partial charge in [-0.2, -0.15) is 0 Å². The van der Waals surface area contributed by atoms with Gasteiger partial charge in [0.05, 0.1) is 11.6 Å². The van der Waals surface area contributed by atoms with E-state index in [9.17, 15) is 4.79 Å². The van der Waals surface area contributed by atoms with Crippen molar-refractivity contribution >= 4 is 5.91 Å². The number of hydrogen-bond acceptors (Lipinski definition) is 4. The van der Waals surface area contributed by atoms with Crippen molar-refractivity contribution in [3.8, 4) is 0 Å². The summed E-state index contributed by atoms with van der Waals surface area (Å²) in [7, 11) is 0. The lowest BCUT2D eigenvalue weighted by Crippen LogP contribution is -2.50. The molecule has 1 aliphatic heterocycles. The van der Waals surface area contributed by atoms with Crippen molar-refractivity contribution in [3.05, 3.63) is 12.4 Å². The first-order valence-electron chi connectivity index (χ1n) is 7.10. The van der Waals surface area contributed by atoms with Crippen molar-refractivity contribution in [1.82, 2.24) is 25.6 Å². The second kappa shape index (κ2) is 6.65. The van der Waals surface area contributed by atoms with Gasteiger partial charge in [0.2, 0.25) is 5.91 Å². The lowest BCUT2D eigenvalue weighted by molar-refractivity contribution is -0.132. The third-order valence-electron chi connectivity index (χ3n) is 3.95. The molecule has 1 aromatic rings. The molecule has 0 aliphatic carbocycles. The van der Waals surface area contributed by atoms with Gasteiger partial charge in [-0.1, -0.05) is 12.1 Å². The summed E-state index contributed by atoms with van der Waals surface area (Å²) in [5.41, 5.74) is -0.203. The van der Waals surface area contributed by atoms with Gasteiger partial charge in [-0.3, -0.25) is 9.48 Å². The summed E-state index contributed by atoms with van der Waals surface area (Å²) in [6.45, 7) is 5.42. The van der Waals surface area contributed by atoms with Crippen LogP contribution in [0.15, 0.2) is 12.4 Å². The van der Waals surface area contributed by atoms with Crippen molar-refractivity contribution in [3.63, 3.8) is 0 Å². The van der Waals surface area contributed by atoms with Gasteiger partial charge in [-0.15, -0.1) is 5.10 Å². The molecule has 0 radical (unpaired) electrons. The van der Waals surface area contributed by atoms with E-state index < -0.39 is 0 Å². The fourth-order valence-electron chi connectivity index (χ4n) is 2.61. The molecule has 6 heteroatoms. The molecule has 106 valence electrons. The number of amides is 1. The number of aromatic nitrogens is 3. The van der Waals surface area contributed by atoms with Crippen LogP contribution in [-0.2, 0) is 11.3 Å². The van der Waals surface area contributed by atoms with Crippen LogP contribution in [0.3, 0.4) is 0 Å². The average molecular weight is 265 g/mol. The van der Waals surface area contributed by atoms with E-state index in [1.807, 2.05) is 6.20 Å². The average Bonchev–Trinajstić information content (AvgIpc) is 2.97. The molecular weight excluding hydrogens is 242 g/mol. The van der Waals surface area contributed by atoms with Gasteiger partial charge in [0.15, 0.2) is 0 Å². The largest absolute Gasteiger partial charge is 0.356 e. The molecule has 1 aliphatic rings. The smallest absolute Gasteiger partial charge is 0.227 e. The summed E-state index contributed by atoms with van der Waals surface area (Å²) in [6.07, 6.45) is 7.35. The first kappa shape index (κ1) is 14.0. The minimum Gasteiger partial charge on any atom is -0.356 e. The van der Waals surface area contributed by atoms with Crippen LogP contribution in [0, 0.1) is 5.41 Å². The summed E-state index contributed by atoms with van der Waals surface area (Å²) >= 11 is 0. The highest BCUT2D eigenvalue weighted by Crippen LogP contribution is 2.30. The number of carbonyl (C=O) groups is 1. The lowest BCUT2D eigenvalue weighted by Gasteiger charge is -2.35. The molecule has 19 heavy (non-hydrogen) atoms. The lowest BCUT2D eigenvalue weighted by atomic mass is 9.77. The van der Waals surface area contributed by atoms with Crippen molar-refractivity contribution in [2.45, 2.75) is 39.2 Å². The van der Waals surface area contributed by atoms with E-state index in [4.69, 9.17) is 0 Å². The fraction of sp³-hybridized carbons (Fsp3) is 0.769. The van der Waals surface area contributed by atoms with Gasteiger partial charge in [0.25, 0.3) is 0 Å². The Morgan fingerprint density at radius 3 is 3.11 bits per heavy atom. The molecule has 0 aromatic carbocycles. The van der Waals surface area contributed by atoms with Crippen molar-refractivity contribution in [2.75, 3.05) is 19.6 Å². The topological polar surface area (TPSA) is 71.8 Å². The normalized spacial score (nSPS) is 23.2. The Bertz CT molecular complexity index is 384. The van der Waals surface area contributed by atoms with E-state index in [0.29, 0.717) is 6.54 Å².